The first kappa shape index (κ1) is 22.7. The molecule has 0 fully saturated rings. The van der Waals surface area contributed by atoms with E-state index in [0.29, 0.717) is 17.1 Å². The highest BCUT2D eigenvalue weighted by atomic mass is 32.2. The number of esters is 1. The van der Waals surface area contributed by atoms with Crippen LogP contribution in [0.2, 0.25) is 0 Å². The number of aromatic nitrogens is 2. The number of sulfonamides is 1. The lowest BCUT2D eigenvalue weighted by Gasteiger charge is -2.24. The number of anilines is 1. The van der Waals surface area contributed by atoms with Crippen LogP contribution >= 0.6 is 11.3 Å². The van der Waals surface area contributed by atoms with E-state index in [1.54, 1.807) is 44.2 Å². The third-order valence-electron chi connectivity index (χ3n) is 4.85. The summed E-state index contributed by atoms with van der Waals surface area (Å²) in [6, 6.07) is 17.0. The van der Waals surface area contributed by atoms with Crippen molar-refractivity contribution in [1.29, 1.82) is 0 Å². The molecule has 0 atom stereocenters. The van der Waals surface area contributed by atoms with Crippen LogP contribution in [0.15, 0.2) is 75.4 Å². The minimum absolute atomic E-state index is 0.0421. The number of ether oxygens (including phenoxy) is 1. The highest BCUT2D eigenvalue weighted by molar-refractivity contribution is 7.92. The van der Waals surface area contributed by atoms with Gasteiger partial charge in [0.05, 0.1) is 21.0 Å². The van der Waals surface area contributed by atoms with Crippen molar-refractivity contribution in [2.24, 2.45) is 0 Å². The van der Waals surface area contributed by atoms with Crippen LogP contribution in [0, 0.1) is 6.92 Å². The Kier molecular flexibility index (Phi) is 6.57. The van der Waals surface area contributed by atoms with Gasteiger partial charge in [0, 0.05) is 6.54 Å². The van der Waals surface area contributed by atoms with E-state index in [-0.39, 0.29) is 29.5 Å². The smallest absolute Gasteiger partial charge is 0.338 e. The lowest BCUT2D eigenvalue weighted by molar-refractivity contribution is 0.0438. The molecule has 10 heteroatoms. The van der Waals surface area contributed by atoms with Gasteiger partial charge < -0.3 is 9.15 Å². The molecule has 0 aliphatic carbocycles. The number of carbonyl (C=O) groups excluding carboxylic acids is 1. The van der Waals surface area contributed by atoms with Gasteiger partial charge in [-0.25, -0.2) is 13.2 Å². The molecule has 0 radical (unpaired) electrons. The number of carbonyl (C=O) groups is 1. The van der Waals surface area contributed by atoms with Gasteiger partial charge >= 0.3 is 5.97 Å². The van der Waals surface area contributed by atoms with Crippen LogP contribution in [-0.2, 0) is 21.4 Å². The third-order valence-corrected chi connectivity index (χ3v) is 7.75. The van der Waals surface area contributed by atoms with Gasteiger partial charge in [0.2, 0.25) is 0 Å². The van der Waals surface area contributed by atoms with Crippen LogP contribution in [0.1, 0.15) is 28.7 Å². The van der Waals surface area contributed by atoms with Gasteiger partial charge in [-0.1, -0.05) is 30.3 Å². The molecule has 2 aromatic carbocycles. The molecule has 33 heavy (non-hydrogen) atoms. The Labute approximate surface area is 195 Å². The minimum Gasteiger partial charge on any atom is -0.452 e. The van der Waals surface area contributed by atoms with Crippen molar-refractivity contribution in [3.63, 3.8) is 0 Å². The minimum atomic E-state index is -3.89. The molecule has 0 bridgehead atoms. The largest absolute Gasteiger partial charge is 0.452 e. The average molecular weight is 484 g/mol. The Morgan fingerprint density at radius 2 is 1.88 bits per heavy atom. The van der Waals surface area contributed by atoms with Crippen LogP contribution in [0.25, 0.3) is 10.8 Å². The first-order valence-electron chi connectivity index (χ1n) is 10.1. The number of thiophene rings is 1. The van der Waals surface area contributed by atoms with E-state index < -0.39 is 16.0 Å². The first-order chi connectivity index (χ1) is 15.9. The summed E-state index contributed by atoms with van der Waals surface area (Å²) in [6.07, 6.45) is 0. The van der Waals surface area contributed by atoms with Crippen molar-refractivity contribution < 1.29 is 22.4 Å². The predicted molar refractivity (Wildman–Crippen MR) is 125 cm³/mol. The fraction of sp³-hybridized carbons (Fsp3) is 0.174. The van der Waals surface area contributed by atoms with E-state index in [1.165, 1.54) is 27.8 Å². The molecule has 0 spiro atoms. The molecule has 4 rings (SSSR count). The molecule has 0 unspecified atom stereocenters. The summed E-state index contributed by atoms with van der Waals surface area (Å²) in [5, 5.41) is 9.72. The number of para-hydroxylation sites is 1. The molecule has 8 nitrogen and oxygen atoms in total. The number of hydrogen-bond acceptors (Lipinski definition) is 8. The number of hydrogen-bond donors (Lipinski definition) is 0. The maximum atomic E-state index is 13.4. The molecule has 0 aliphatic heterocycles. The summed E-state index contributed by atoms with van der Waals surface area (Å²) in [5.41, 5.74) is 1.19. The number of nitrogens with zero attached hydrogens (tertiary/aromatic N) is 3. The maximum absolute atomic E-state index is 13.4. The van der Waals surface area contributed by atoms with E-state index in [0.717, 1.165) is 4.88 Å². The van der Waals surface area contributed by atoms with Crippen LogP contribution in [0.3, 0.4) is 0 Å². The monoisotopic (exact) mass is 483 g/mol. The van der Waals surface area contributed by atoms with Gasteiger partial charge in [-0.15, -0.1) is 21.5 Å². The second-order valence-corrected chi connectivity index (χ2v) is 9.82. The van der Waals surface area contributed by atoms with Crippen LogP contribution < -0.4 is 4.31 Å². The van der Waals surface area contributed by atoms with E-state index in [1.807, 2.05) is 23.6 Å². The second kappa shape index (κ2) is 9.55. The summed E-state index contributed by atoms with van der Waals surface area (Å²) < 4.78 is 38.9. The molecule has 0 saturated carbocycles. The molecule has 0 saturated heterocycles. The highest BCUT2D eigenvalue weighted by Crippen LogP contribution is 2.27. The Bertz CT molecular complexity index is 1350. The molecule has 0 amide bonds. The van der Waals surface area contributed by atoms with E-state index in [2.05, 4.69) is 10.2 Å². The van der Waals surface area contributed by atoms with Crippen molar-refractivity contribution in [2.75, 3.05) is 10.8 Å². The van der Waals surface area contributed by atoms with Gasteiger partial charge in [0.15, 0.2) is 6.61 Å². The van der Waals surface area contributed by atoms with Gasteiger partial charge in [-0.05, 0) is 55.1 Å². The fourth-order valence-electron chi connectivity index (χ4n) is 3.23. The van der Waals surface area contributed by atoms with Gasteiger partial charge in [0.1, 0.15) is 0 Å². The summed E-state index contributed by atoms with van der Waals surface area (Å²) in [5.74, 6) is -0.196. The highest BCUT2D eigenvalue weighted by Gasteiger charge is 2.26. The Morgan fingerprint density at radius 3 is 2.58 bits per heavy atom. The van der Waals surface area contributed by atoms with Crippen molar-refractivity contribution in [3.8, 4) is 10.8 Å². The summed E-state index contributed by atoms with van der Waals surface area (Å²) in [4.78, 5) is 13.5. The lowest BCUT2D eigenvalue weighted by Crippen LogP contribution is -2.31. The Hall–Kier alpha value is -3.50. The molecule has 2 aromatic heterocycles. The molecule has 0 aliphatic rings. The standard InChI is InChI=1S/C23H21N3O5S2/c1-3-26(18-8-5-4-6-9-18)33(28,29)20-14-17(12-11-16(20)2)23(27)30-15-21-24-25-22(31-21)19-10-7-13-32-19/h4-14H,3,15H2,1-2H3. The molecule has 4 aromatic rings. The van der Waals surface area contributed by atoms with Crippen molar-refractivity contribution in [2.45, 2.75) is 25.3 Å². The Morgan fingerprint density at radius 1 is 1.09 bits per heavy atom. The second-order valence-electron chi connectivity index (χ2n) is 7.04. The number of benzene rings is 2. The van der Waals surface area contributed by atoms with Gasteiger partial charge in [-0.2, -0.15) is 0 Å². The fourth-order valence-corrected chi connectivity index (χ4v) is 5.60. The van der Waals surface area contributed by atoms with Crippen LogP contribution in [0.5, 0.6) is 0 Å². The maximum Gasteiger partial charge on any atom is 0.338 e. The summed E-state index contributed by atoms with van der Waals surface area (Å²) in [7, 11) is -3.89. The van der Waals surface area contributed by atoms with Gasteiger partial charge in [-0.3, -0.25) is 4.31 Å². The zero-order chi connectivity index (χ0) is 23.4. The van der Waals surface area contributed by atoms with Crippen LogP contribution in [0.4, 0.5) is 5.69 Å². The van der Waals surface area contributed by atoms with Crippen LogP contribution in [-0.4, -0.2) is 31.1 Å². The molecular weight excluding hydrogens is 462 g/mol. The first-order valence-corrected chi connectivity index (χ1v) is 12.4. The van der Waals surface area contributed by atoms with E-state index in [4.69, 9.17) is 9.15 Å². The third kappa shape index (κ3) is 4.81. The predicted octanol–water partition coefficient (Wildman–Crippen LogP) is 4.68. The number of rotatable bonds is 8. The summed E-state index contributed by atoms with van der Waals surface area (Å²) in [6.45, 7) is 3.46. The summed E-state index contributed by atoms with van der Waals surface area (Å²) >= 11 is 1.45. The normalized spacial score (nSPS) is 11.3. The van der Waals surface area contributed by atoms with Gasteiger partial charge in [0.25, 0.3) is 21.8 Å². The zero-order valence-electron chi connectivity index (χ0n) is 18.0. The molecule has 170 valence electrons. The molecule has 0 N–H and O–H groups in total. The van der Waals surface area contributed by atoms with Crippen molar-refractivity contribution >= 4 is 33.0 Å². The Balaban J connectivity index is 1.53. The van der Waals surface area contributed by atoms with E-state index in [9.17, 15) is 13.2 Å². The van der Waals surface area contributed by atoms with E-state index >= 15 is 0 Å². The zero-order valence-corrected chi connectivity index (χ0v) is 19.6. The van der Waals surface area contributed by atoms with Crippen molar-refractivity contribution in [1.82, 2.24) is 10.2 Å². The molecular formula is C23H21N3O5S2. The van der Waals surface area contributed by atoms with Crippen molar-refractivity contribution in [3.05, 3.63) is 83.1 Å². The topological polar surface area (TPSA) is 103 Å². The quantitative estimate of drug-likeness (QED) is 0.335. The lowest BCUT2D eigenvalue weighted by atomic mass is 10.1. The number of aryl methyl sites for hydroxylation is 1. The SMILES string of the molecule is CCN(c1ccccc1)S(=O)(=O)c1cc(C(=O)OCc2nnc(-c3cccs3)o2)ccc1C. The molecule has 2 heterocycles. The average Bonchev–Trinajstić information content (AvgIpc) is 3.51.